The fraction of sp³-hybridized carbons (Fsp3) is 0.531. The van der Waals surface area contributed by atoms with Gasteiger partial charge in [-0.05, 0) is 68.7 Å². The standard InChI is InChI=1S/C32H42N2O4/c1-5-24-13-14-27(35)30(38-4)29(24)32-15-16-34(20-23-11-12-23)21(2)26(32)17-25(28(36)18-32)31(37)33(3)19-22-9-7-6-8-10-22/h6-10,13-14,17,21,23,26,28,35-36H,5,11-12,15-16,18-20H2,1-4H3/t21-,26?,28?,32+/m1/s1. The van der Waals surface area contributed by atoms with E-state index in [1.54, 1.807) is 18.1 Å². The molecule has 1 aliphatic heterocycles. The first kappa shape index (κ1) is 26.8. The summed E-state index contributed by atoms with van der Waals surface area (Å²) >= 11 is 0. The van der Waals surface area contributed by atoms with E-state index in [9.17, 15) is 15.0 Å². The number of hydrogen-bond donors (Lipinski definition) is 2. The molecule has 1 saturated heterocycles. The summed E-state index contributed by atoms with van der Waals surface area (Å²) in [6.07, 6.45) is 5.84. The van der Waals surface area contributed by atoms with Gasteiger partial charge in [0, 0.05) is 48.6 Å². The van der Waals surface area contributed by atoms with Crippen LogP contribution in [0.3, 0.4) is 0 Å². The summed E-state index contributed by atoms with van der Waals surface area (Å²) < 4.78 is 5.83. The molecular formula is C32H42N2O4. The molecule has 5 rings (SSSR count). The summed E-state index contributed by atoms with van der Waals surface area (Å²) in [6, 6.07) is 13.8. The predicted molar refractivity (Wildman–Crippen MR) is 149 cm³/mol. The SMILES string of the molecule is CCc1ccc(O)c(OC)c1[C@]12CCN(CC3CC3)[C@H](C)C1C=C(C(=O)N(C)Cc1ccccc1)C(O)C2. The molecule has 6 heteroatoms. The van der Waals surface area contributed by atoms with Crippen molar-refractivity contribution in [3.8, 4) is 11.5 Å². The Morgan fingerprint density at radius 2 is 1.92 bits per heavy atom. The summed E-state index contributed by atoms with van der Waals surface area (Å²) in [6.45, 7) is 6.89. The number of fused-ring (bicyclic) bond motifs is 1. The summed E-state index contributed by atoms with van der Waals surface area (Å²) in [4.78, 5) is 18.0. The number of aliphatic hydroxyl groups is 1. The molecule has 3 aliphatic rings. The van der Waals surface area contributed by atoms with Crippen molar-refractivity contribution in [1.29, 1.82) is 0 Å². The summed E-state index contributed by atoms with van der Waals surface area (Å²) in [5.41, 5.74) is 3.24. The number of methoxy groups -OCH3 is 1. The second kappa shape index (κ2) is 10.7. The first-order chi connectivity index (χ1) is 18.3. The van der Waals surface area contributed by atoms with Crippen LogP contribution in [0.4, 0.5) is 0 Å². The number of ether oxygens (including phenoxy) is 1. The topological polar surface area (TPSA) is 73.2 Å². The Labute approximate surface area is 226 Å². The van der Waals surface area contributed by atoms with Gasteiger partial charge in [0.05, 0.1) is 13.2 Å². The van der Waals surface area contributed by atoms with Crippen LogP contribution in [0.1, 0.15) is 56.2 Å². The maximum atomic E-state index is 13.7. The van der Waals surface area contributed by atoms with Gasteiger partial charge in [-0.2, -0.15) is 0 Å². The zero-order valence-electron chi connectivity index (χ0n) is 23.2. The number of carbonyl (C=O) groups is 1. The van der Waals surface area contributed by atoms with Crippen LogP contribution in [0.15, 0.2) is 54.1 Å². The Kier molecular flexibility index (Phi) is 7.56. The van der Waals surface area contributed by atoms with Crippen LogP contribution < -0.4 is 4.74 Å². The maximum Gasteiger partial charge on any atom is 0.252 e. The summed E-state index contributed by atoms with van der Waals surface area (Å²) in [5.74, 6) is 1.28. The molecule has 2 aromatic rings. The number of amides is 1. The molecule has 0 bridgehead atoms. The minimum Gasteiger partial charge on any atom is -0.504 e. The Bertz CT molecular complexity index is 1190. The van der Waals surface area contributed by atoms with Gasteiger partial charge in [-0.25, -0.2) is 0 Å². The number of piperidine rings is 1. The van der Waals surface area contributed by atoms with Crippen LogP contribution in [-0.2, 0) is 23.2 Å². The normalized spacial score (nSPS) is 27.4. The van der Waals surface area contributed by atoms with E-state index in [0.717, 1.165) is 48.5 Å². The van der Waals surface area contributed by atoms with Crippen molar-refractivity contribution in [3.05, 3.63) is 70.8 Å². The fourth-order valence-electron chi connectivity index (χ4n) is 7.00. The minimum absolute atomic E-state index is 0.00322. The second-order valence-corrected chi connectivity index (χ2v) is 11.6. The van der Waals surface area contributed by atoms with Gasteiger partial charge < -0.3 is 19.8 Å². The van der Waals surface area contributed by atoms with Crippen LogP contribution in [0.5, 0.6) is 11.5 Å². The molecule has 0 aromatic heterocycles. The number of benzene rings is 2. The number of rotatable bonds is 8. The lowest BCUT2D eigenvalue weighted by atomic mass is 9.56. The van der Waals surface area contributed by atoms with Crippen LogP contribution in [-0.4, -0.2) is 65.3 Å². The largest absolute Gasteiger partial charge is 0.504 e. The molecule has 6 nitrogen and oxygen atoms in total. The van der Waals surface area contributed by atoms with E-state index in [0.29, 0.717) is 24.3 Å². The number of nitrogens with zero attached hydrogens (tertiary/aromatic N) is 2. The number of aryl methyl sites for hydroxylation is 1. The molecule has 204 valence electrons. The predicted octanol–water partition coefficient (Wildman–Crippen LogP) is 4.67. The highest BCUT2D eigenvalue weighted by atomic mass is 16.5. The molecule has 1 heterocycles. The molecule has 38 heavy (non-hydrogen) atoms. The van der Waals surface area contributed by atoms with E-state index >= 15 is 0 Å². The van der Waals surface area contributed by atoms with Crippen LogP contribution in [0.2, 0.25) is 0 Å². The van der Waals surface area contributed by atoms with E-state index in [-0.39, 0.29) is 23.6 Å². The molecule has 1 amide bonds. The molecule has 4 atom stereocenters. The Morgan fingerprint density at radius 1 is 1.18 bits per heavy atom. The van der Waals surface area contributed by atoms with Crippen molar-refractivity contribution in [2.24, 2.45) is 11.8 Å². The summed E-state index contributed by atoms with van der Waals surface area (Å²) in [5, 5.41) is 22.4. The van der Waals surface area contributed by atoms with Gasteiger partial charge >= 0.3 is 0 Å². The van der Waals surface area contributed by atoms with E-state index < -0.39 is 11.5 Å². The number of aromatic hydroxyl groups is 1. The molecule has 2 unspecified atom stereocenters. The second-order valence-electron chi connectivity index (χ2n) is 11.6. The van der Waals surface area contributed by atoms with Gasteiger partial charge in [0.25, 0.3) is 5.91 Å². The van der Waals surface area contributed by atoms with E-state index in [1.165, 1.54) is 12.8 Å². The van der Waals surface area contributed by atoms with Crippen molar-refractivity contribution < 1.29 is 19.7 Å². The molecular weight excluding hydrogens is 476 g/mol. The first-order valence-electron chi connectivity index (χ1n) is 14.1. The number of hydrogen-bond acceptors (Lipinski definition) is 5. The quantitative estimate of drug-likeness (QED) is 0.531. The lowest BCUT2D eigenvalue weighted by Crippen LogP contribution is -2.58. The molecule has 0 radical (unpaired) electrons. The molecule has 0 spiro atoms. The van der Waals surface area contributed by atoms with Crippen molar-refractivity contribution in [2.75, 3.05) is 27.2 Å². The van der Waals surface area contributed by atoms with E-state index in [4.69, 9.17) is 4.74 Å². The van der Waals surface area contributed by atoms with Crippen LogP contribution in [0, 0.1) is 11.8 Å². The van der Waals surface area contributed by atoms with Gasteiger partial charge in [0.15, 0.2) is 11.5 Å². The van der Waals surface area contributed by atoms with Crippen LogP contribution in [0.25, 0.3) is 0 Å². The van der Waals surface area contributed by atoms with E-state index in [2.05, 4.69) is 24.8 Å². The fourth-order valence-corrected chi connectivity index (χ4v) is 7.00. The zero-order valence-corrected chi connectivity index (χ0v) is 23.2. The molecule has 2 aromatic carbocycles. The molecule has 1 saturated carbocycles. The lowest BCUT2D eigenvalue weighted by Gasteiger charge is -2.55. The minimum atomic E-state index is -0.893. The van der Waals surface area contributed by atoms with Crippen molar-refractivity contribution in [2.45, 2.75) is 70.1 Å². The van der Waals surface area contributed by atoms with Gasteiger partial charge in [-0.1, -0.05) is 49.4 Å². The van der Waals surface area contributed by atoms with Crippen molar-refractivity contribution >= 4 is 5.91 Å². The number of aliphatic hydroxyl groups excluding tert-OH is 1. The Morgan fingerprint density at radius 3 is 2.58 bits per heavy atom. The maximum absolute atomic E-state index is 13.7. The first-order valence-corrected chi connectivity index (χ1v) is 14.1. The number of likely N-dealkylation sites (tertiary alicyclic amines) is 1. The number of phenolic OH excluding ortho intramolecular Hbond substituents is 1. The van der Waals surface area contributed by atoms with Gasteiger partial charge in [-0.3, -0.25) is 9.69 Å². The average molecular weight is 519 g/mol. The molecule has 2 fully saturated rings. The highest BCUT2D eigenvalue weighted by Gasteiger charge is 2.54. The van der Waals surface area contributed by atoms with Crippen molar-refractivity contribution in [1.82, 2.24) is 9.80 Å². The highest BCUT2D eigenvalue weighted by Crippen LogP contribution is 2.55. The smallest absolute Gasteiger partial charge is 0.252 e. The monoisotopic (exact) mass is 518 g/mol. The molecule has 2 aliphatic carbocycles. The van der Waals surface area contributed by atoms with Gasteiger partial charge in [0.2, 0.25) is 0 Å². The van der Waals surface area contributed by atoms with Gasteiger partial charge in [0.1, 0.15) is 0 Å². The van der Waals surface area contributed by atoms with Crippen LogP contribution >= 0.6 is 0 Å². The average Bonchev–Trinajstić information content (AvgIpc) is 3.74. The third-order valence-corrected chi connectivity index (χ3v) is 9.21. The third-order valence-electron chi connectivity index (χ3n) is 9.21. The molecule has 2 N–H and O–H groups in total. The Balaban J connectivity index is 1.57. The zero-order chi connectivity index (χ0) is 27.0. The lowest BCUT2D eigenvalue weighted by molar-refractivity contribution is -0.128. The van der Waals surface area contributed by atoms with Gasteiger partial charge in [-0.15, -0.1) is 0 Å². The number of likely N-dealkylation sites (N-methyl/N-ethyl adjacent to an activating group) is 1. The van der Waals surface area contributed by atoms with Crippen molar-refractivity contribution in [3.63, 3.8) is 0 Å². The van der Waals surface area contributed by atoms with E-state index in [1.807, 2.05) is 43.4 Å². The third kappa shape index (κ3) is 4.85. The number of phenols is 1. The summed E-state index contributed by atoms with van der Waals surface area (Å²) in [7, 11) is 3.42. The number of carbonyl (C=O) groups excluding carboxylic acids is 1. The highest BCUT2D eigenvalue weighted by molar-refractivity contribution is 5.94. The Hall–Kier alpha value is -2.83.